The van der Waals surface area contributed by atoms with Crippen LogP contribution in [0.5, 0.6) is 0 Å². The van der Waals surface area contributed by atoms with E-state index in [-0.39, 0.29) is 5.78 Å². The maximum absolute atomic E-state index is 11.3. The molecule has 0 aromatic heterocycles. The average molecular weight is 196 g/mol. The number of carbonyl (C=O) groups excluding carboxylic acids is 1. The molecule has 1 unspecified atom stereocenters. The molecular formula is C12H20O2. The molecule has 80 valence electrons. The van der Waals surface area contributed by atoms with Crippen molar-refractivity contribution in [2.24, 2.45) is 0 Å². The normalized spacial score (nSPS) is 21.4. The Labute approximate surface area is 86.0 Å². The van der Waals surface area contributed by atoms with E-state index < -0.39 is 6.10 Å². The Morgan fingerprint density at radius 3 is 2.64 bits per heavy atom. The Balaban J connectivity index is 2.12. The second-order valence-electron chi connectivity index (χ2n) is 4.05. The molecule has 14 heavy (non-hydrogen) atoms. The maximum atomic E-state index is 11.3. The molecule has 0 aliphatic heterocycles. The van der Waals surface area contributed by atoms with Gasteiger partial charge in [-0.05, 0) is 24.5 Å². The van der Waals surface area contributed by atoms with E-state index in [2.05, 4.69) is 6.92 Å². The molecule has 0 fully saturated rings. The number of aliphatic hydroxyl groups excluding tert-OH is 1. The highest BCUT2D eigenvalue weighted by molar-refractivity contribution is 5.98. The van der Waals surface area contributed by atoms with Crippen molar-refractivity contribution in [3.05, 3.63) is 11.6 Å². The van der Waals surface area contributed by atoms with Crippen molar-refractivity contribution in [3.63, 3.8) is 0 Å². The van der Waals surface area contributed by atoms with E-state index in [1.54, 1.807) is 6.08 Å². The maximum Gasteiger partial charge on any atom is 0.161 e. The summed E-state index contributed by atoms with van der Waals surface area (Å²) in [5, 5.41) is 9.21. The summed E-state index contributed by atoms with van der Waals surface area (Å²) in [5.41, 5.74) is 0.856. The van der Waals surface area contributed by atoms with Crippen molar-refractivity contribution in [3.8, 4) is 0 Å². The minimum atomic E-state index is -0.506. The highest BCUT2D eigenvalue weighted by Crippen LogP contribution is 2.20. The summed E-state index contributed by atoms with van der Waals surface area (Å²) in [5.74, 6) is 0.146. The van der Waals surface area contributed by atoms with Crippen LogP contribution < -0.4 is 0 Å². The third-order valence-corrected chi connectivity index (χ3v) is 2.70. The fraction of sp³-hybridized carbons (Fsp3) is 0.750. The van der Waals surface area contributed by atoms with Crippen LogP contribution in [0.4, 0.5) is 0 Å². The highest BCUT2D eigenvalue weighted by atomic mass is 16.3. The molecule has 1 aliphatic carbocycles. The van der Waals surface area contributed by atoms with Gasteiger partial charge in [0.25, 0.3) is 0 Å². The number of allylic oxidation sites excluding steroid dienone is 1. The molecule has 0 radical (unpaired) electrons. The molecule has 0 spiro atoms. The van der Waals surface area contributed by atoms with Crippen LogP contribution in [0.25, 0.3) is 0 Å². The Morgan fingerprint density at radius 2 is 2.07 bits per heavy atom. The number of hydrogen-bond donors (Lipinski definition) is 1. The zero-order valence-electron chi connectivity index (χ0n) is 8.96. The molecule has 1 aliphatic rings. The molecular weight excluding hydrogens is 176 g/mol. The fourth-order valence-electron chi connectivity index (χ4n) is 1.85. The van der Waals surface area contributed by atoms with Crippen molar-refractivity contribution >= 4 is 5.78 Å². The van der Waals surface area contributed by atoms with Crippen LogP contribution in [0, 0.1) is 0 Å². The first-order valence-electron chi connectivity index (χ1n) is 5.66. The van der Waals surface area contributed by atoms with Gasteiger partial charge in [0.05, 0.1) is 6.10 Å². The van der Waals surface area contributed by atoms with E-state index in [0.29, 0.717) is 6.42 Å². The molecule has 1 N–H and O–H groups in total. The molecule has 0 aromatic carbocycles. The molecule has 1 rings (SSSR count). The number of carbonyl (C=O) groups is 1. The minimum Gasteiger partial charge on any atom is -0.389 e. The van der Waals surface area contributed by atoms with Gasteiger partial charge in [0.1, 0.15) is 0 Å². The quantitative estimate of drug-likeness (QED) is 0.663. The molecule has 0 heterocycles. The van der Waals surface area contributed by atoms with Crippen LogP contribution in [-0.4, -0.2) is 17.0 Å². The molecule has 0 saturated heterocycles. The van der Waals surface area contributed by atoms with Crippen molar-refractivity contribution in [1.82, 2.24) is 0 Å². The van der Waals surface area contributed by atoms with Gasteiger partial charge in [-0.2, -0.15) is 0 Å². The van der Waals surface area contributed by atoms with Gasteiger partial charge in [-0.15, -0.1) is 0 Å². The van der Waals surface area contributed by atoms with Gasteiger partial charge in [-0.25, -0.2) is 0 Å². The summed E-state index contributed by atoms with van der Waals surface area (Å²) in [7, 11) is 0. The van der Waals surface area contributed by atoms with Gasteiger partial charge in [0.2, 0.25) is 0 Å². The van der Waals surface area contributed by atoms with Crippen LogP contribution in [-0.2, 0) is 4.79 Å². The number of Topliss-reactive ketones (excluding diaryl/α,β-unsaturated/α-hetero) is 1. The van der Waals surface area contributed by atoms with Gasteiger partial charge in [-0.3, -0.25) is 4.79 Å². The standard InChI is InChI=1S/C12H20O2/c1-2-3-4-5-6-7-10-8-11(13)9-12(10)14/h8,11,13H,2-7,9H2,1H3. The van der Waals surface area contributed by atoms with Crippen molar-refractivity contribution in [2.45, 2.75) is 58.0 Å². The number of unbranched alkanes of at least 4 members (excludes halogenated alkanes) is 4. The van der Waals surface area contributed by atoms with E-state index in [1.165, 1.54) is 25.7 Å². The summed E-state index contributed by atoms with van der Waals surface area (Å²) in [6.07, 6.45) is 8.48. The second-order valence-corrected chi connectivity index (χ2v) is 4.05. The van der Waals surface area contributed by atoms with Crippen LogP contribution in [0.3, 0.4) is 0 Å². The molecule has 1 atom stereocenters. The zero-order chi connectivity index (χ0) is 10.4. The Bertz CT molecular complexity index is 218. The Kier molecular flexibility index (Phi) is 4.88. The molecule has 0 bridgehead atoms. The summed E-state index contributed by atoms with van der Waals surface area (Å²) < 4.78 is 0. The molecule has 0 aromatic rings. The number of aliphatic hydroxyl groups is 1. The van der Waals surface area contributed by atoms with E-state index in [4.69, 9.17) is 0 Å². The lowest BCUT2D eigenvalue weighted by Gasteiger charge is -2.00. The minimum absolute atomic E-state index is 0.146. The SMILES string of the molecule is CCCCCCCC1=CC(O)CC1=O. The fourth-order valence-corrected chi connectivity index (χ4v) is 1.85. The lowest BCUT2D eigenvalue weighted by molar-refractivity contribution is -0.115. The lowest BCUT2D eigenvalue weighted by atomic mass is 10.0. The van der Waals surface area contributed by atoms with Crippen LogP contribution >= 0.6 is 0 Å². The van der Waals surface area contributed by atoms with Crippen molar-refractivity contribution in [1.29, 1.82) is 0 Å². The first kappa shape index (κ1) is 11.4. The number of hydrogen-bond acceptors (Lipinski definition) is 2. The van der Waals surface area contributed by atoms with Crippen molar-refractivity contribution in [2.75, 3.05) is 0 Å². The Hall–Kier alpha value is -0.630. The van der Waals surface area contributed by atoms with Crippen LogP contribution in [0.2, 0.25) is 0 Å². The summed E-state index contributed by atoms with van der Waals surface area (Å²) >= 11 is 0. The second kappa shape index (κ2) is 5.97. The van der Waals surface area contributed by atoms with E-state index >= 15 is 0 Å². The number of ketones is 1. The smallest absolute Gasteiger partial charge is 0.161 e. The van der Waals surface area contributed by atoms with Crippen molar-refractivity contribution < 1.29 is 9.90 Å². The van der Waals surface area contributed by atoms with Gasteiger partial charge in [0.15, 0.2) is 5.78 Å². The third kappa shape index (κ3) is 3.62. The summed E-state index contributed by atoms with van der Waals surface area (Å²) in [6.45, 7) is 2.19. The van der Waals surface area contributed by atoms with E-state index in [0.717, 1.165) is 18.4 Å². The molecule has 0 saturated carbocycles. The third-order valence-electron chi connectivity index (χ3n) is 2.70. The topological polar surface area (TPSA) is 37.3 Å². The monoisotopic (exact) mass is 196 g/mol. The predicted molar refractivity (Wildman–Crippen MR) is 57.1 cm³/mol. The highest BCUT2D eigenvalue weighted by Gasteiger charge is 2.20. The Morgan fingerprint density at radius 1 is 1.36 bits per heavy atom. The van der Waals surface area contributed by atoms with Gasteiger partial charge < -0.3 is 5.11 Å². The largest absolute Gasteiger partial charge is 0.389 e. The summed E-state index contributed by atoms with van der Waals surface area (Å²) in [6, 6.07) is 0. The van der Waals surface area contributed by atoms with E-state index in [1.807, 2.05) is 0 Å². The van der Waals surface area contributed by atoms with E-state index in [9.17, 15) is 9.90 Å². The number of rotatable bonds is 6. The first-order valence-corrected chi connectivity index (χ1v) is 5.66. The summed E-state index contributed by atoms with van der Waals surface area (Å²) in [4.78, 5) is 11.3. The van der Waals surface area contributed by atoms with Gasteiger partial charge in [-0.1, -0.05) is 32.6 Å². The van der Waals surface area contributed by atoms with Gasteiger partial charge >= 0.3 is 0 Å². The van der Waals surface area contributed by atoms with Gasteiger partial charge in [0, 0.05) is 6.42 Å². The van der Waals surface area contributed by atoms with Crippen LogP contribution in [0.1, 0.15) is 51.9 Å². The first-order chi connectivity index (χ1) is 6.74. The van der Waals surface area contributed by atoms with Crippen LogP contribution in [0.15, 0.2) is 11.6 Å². The molecule has 2 nitrogen and oxygen atoms in total. The average Bonchev–Trinajstić information content (AvgIpc) is 2.45. The zero-order valence-corrected chi connectivity index (χ0v) is 8.96. The predicted octanol–water partition coefficient (Wildman–Crippen LogP) is 2.61. The molecule has 2 heteroatoms. The lowest BCUT2D eigenvalue weighted by Crippen LogP contribution is -2.01. The molecule has 0 amide bonds.